The standard InChI is InChI=1S/C19H33NO4/c1-8-10-14(13-23-11-9-2)12-15-16(18(3,4)5)24-19(6,7)20(15)17(21)22/h8-9,14-16H,1-2,10-13H2,3-7H3,(H,21,22). The lowest BCUT2D eigenvalue weighted by Crippen LogP contribution is -2.49. The van der Waals surface area contributed by atoms with E-state index >= 15 is 0 Å². The Hall–Kier alpha value is -1.33. The van der Waals surface area contributed by atoms with Crippen LogP contribution in [0.1, 0.15) is 47.5 Å². The predicted molar refractivity (Wildman–Crippen MR) is 96.0 cm³/mol. The molecule has 138 valence electrons. The molecular weight excluding hydrogens is 306 g/mol. The van der Waals surface area contributed by atoms with Crippen LogP contribution in [0.2, 0.25) is 0 Å². The Morgan fingerprint density at radius 2 is 2.00 bits per heavy atom. The molecule has 5 heteroatoms. The van der Waals surface area contributed by atoms with E-state index in [0.29, 0.717) is 19.6 Å². The summed E-state index contributed by atoms with van der Waals surface area (Å²) in [6, 6.07) is -0.213. The van der Waals surface area contributed by atoms with Crippen molar-refractivity contribution in [3.63, 3.8) is 0 Å². The summed E-state index contributed by atoms with van der Waals surface area (Å²) in [6.07, 6.45) is 3.92. The van der Waals surface area contributed by atoms with Gasteiger partial charge in [0.05, 0.1) is 25.4 Å². The molecule has 3 atom stereocenters. The first kappa shape index (κ1) is 20.7. The minimum absolute atomic E-state index is 0.160. The van der Waals surface area contributed by atoms with Crippen LogP contribution in [-0.2, 0) is 9.47 Å². The van der Waals surface area contributed by atoms with E-state index in [1.807, 2.05) is 19.9 Å². The van der Waals surface area contributed by atoms with E-state index in [1.54, 1.807) is 6.08 Å². The first-order valence-corrected chi connectivity index (χ1v) is 8.54. The van der Waals surface area contributed by atoms with Crippen molar-refractivity contribution >= 4 is 6.09 Å². The molecule has 1 aliphatic heterocycles. The Morgan fingerprint density at radius 3 is 2.46 bits per heavy atom. The highest BCUT2D eigenvalue weighted by molar-refractivity contribution is 5.67. The average Bonchev–Trinajstić information content (AvgIpc) is 2.70. The SMILES string of the molecule is C=CCOCC(CC=C)CC1C(C(C)(C)C)OC(C)(C)N1C(=O)O. The molecule has 1 aliphatic rings. The smallest absolute Gasteiger partial charge is 0.409 e. The molecule has 1 rings (SSSR count). The van der Waals surface area contributed by atoms with E-state index in [9.17, 15) is 9.90 Å². The molecule has 1 fully saturated rings. The summed E-state index contributed by atoms with van der Waals surface area (Å²) in [5.41, 5.74) is -0.998. The Kier molecular flexibility index (Phi) is 7.05. The van der Waals surface area contributed by atoms with Gasteiger partial charge in [-0.15, -0.1) is 13.2 Å². The second kappa shape index (κ2) is 8.17. The van der Waals surface area contributed by atoms with Gasteiger partial charge in [0.15, 0.2) is 0 Å². The maximum atomic E-state index is 11.9. The van der Waals surface area contributed by atoms with Crippen LogP contribution in [-0.4, -0.2) is 47.2 Å². The van der Waals surface area contributed by atoms with Gasteiger partial charge in [-0.05, 0) is 38.0 Å². The topological polar surface area (TPSA) is 59.0 Å². The number of amides is 1. The molecule has 1 saturated heterocycles. The molecule has 0 aliphatic carbocycles. The monoisotopic (exact) mass is 339 g/mol. The number of hydrogen-bond donors (Lipinski definition) is 1. The van der Waals surface area contributed by atoms with Gasteiger partial charge < -0.3 is 14.6 Å². The van der Waals surface area contributed by atoms with Crippen molar-refractivity contribution in [2.75, 3.05) is 13.2 Å². The van der Waals surface area contributed by atoms with Crippen LogP contribution in [0.15, 0.2) is 25.3 Å². The van der Waals surface area contributed by atoms with Gasteiger partial charge in [0.1, 0.15) is 5.72 Å². The average molecular weight is 339 g/mol. The highest BCUT2D eigenvalue weighted by Crippen LogP contribution is 2.42. The highest BCUT2D eigenvalue weighted by Gasteiger charge is 2.53. The normalized spacial score (nSPS) is 24.6. The van der Waals surface area contributed by atoms with E-state index in [0.717, 1.165) is 6.42 Å². The summed E-state index contributed by atoms with van der Waals surface area (Å²) in [4.78, 5) is 13.3. The maximum absolute atomic E-state index is 11.9. The van der Waals surface area contributed by atoms with Gasteiger partial charge in [0, 0.05) is 0 Å². The fourth-order valence-corrected chi connectivity index (χ4v) is 3.46. The molecule has 0 saturated carbocycles. The third-order valence-corrected chi connectivity index (χ3v) is 4.40. The summed E-state index contributed by atoms with van der Waals surface area (Å²) in [5, 5.41) is 9.74. The van der Waals surface area contributed by atoms with Gasteiger partial charge in [0.25, 0.3) is 0 Å². The lowest BCUT2D eigenvalue weighted by molar-refractivity contribution is -0.0925. The number of nitrogens with zero attached hydrogens (tertiary/aromatic N) is 1. The van der Waals surface area contributed by atoms with Crippen LogP contribution < -0.4 is 0 Å². The molecule has 0 aromatic carbocycles. The van der Waals surface area contributed by atoms with Crippen LogP contribution in [0.5, 0.6) is 0 Å². The largest absolute Gasteiger partial charge is 0.465 e. The van der Waals surface area contributed by atoms with Gasteiger partial charge in [-0.1, -0.05) is 32.9 Å². The van der Waals surface area contributed by atoms with Crippen molar-refractivity contribution in [2.24, 2.45) is 11.3 Å². The Bertz CT molecular complexity index is 453. The minimum Gasteiger partial charge on any atom is -0.465 e. The second-order valence-electron chi connectivity index (χ2n) is 8.02. The minimum atomic E-state index is -0.943. The molecule has 0 aromatic rings. The summed E-state index contributed by atoms with van der Waals surface area (Å²) in [5.74, 6) is 0.191. The van der Waals surface area contributed by atoms with Gasteiger partial charge in [-0.25, -0.2) is 4.79 Å². The molecule has 0 aromatic heterocycles. The van der Waals surface area contributed by atoms with Crippen LogP contribution in [0.25, 0.3) is 0 Å². The van der Waals surface area contributed by atoms with Crippen molar-refractivity contribution in [1.29, 1.82) is 0 Å². The molecular formula is C19H33NO4. The van der Waals surface area contributed by atoms with E-state index in [1.165, 1.54) is 4.90 Å². The molecule has 1 N–H and O–H groups in total. The lowest BCUT2D eigenvalue weighted by Gasteiger charge is -2.34. The van der Waals surface area contributed by atoms with E-state index < -0.39 is 11.8 Å². The number of carbonyl (C=O) groups is 1. The van der Waals surface area contributed by atoms with Gasteiger partial charge in [-0.3, -0.25) is 4.90 Å². The van der Waals surface area contributed by atoms with Crippen LogP contribution in [0.3, 0.4) is 0 Å². The number of carboxylic acid groups (broad SMARTS) is 1. The van der Waals surface area contributed by atoms with Gasteiger partial charge in [0.2, 0.25) is 0 Å². The van der Waals surface area contributed by atoms with Crippen molar-refractivity contribution in [1.82, 2.24) is 4.90 Å². The summed E-state index contributed by atoms with van der Waals surface area (Å²) in [6.45, 7) is 18.4. The first-order valence-electron chi connectivity index (χ1n) is 8.54. The van der Waals surface area contributed by atoms with Crippen LogP contribution in [0.4, 0.5) is 4.79 Å². The maximum Gasteiger partial charge on any atom is 0.409 e. The van der Waals surface area contributed by atoms with Crippen molar-refractivity contribution in [2.45, 2.75) is 65.3 Å². The quantitative estimate of drug-likeness (QED) is 0.529. The third-order valence-electron chi connectivity index (χ3n) is 4.40. The second-order valence-corrected chi connectivity index (χ2v) is 8.02. The zero-order valence-electron chi connectivity index (χ0n) is 15.7. The summed E-state index contributed by atoms with van der Waals surface area (Å²) < 4.78 is 11.8. The molecule has 1 heterocycles. The lowest BCUT2D eigenvalue weighted by atomic mass is 9.81. The molecule has 5 nitrogen and oxygen atoms in total. The molecule has 24 heavy (non-hydrogen) atoms. The molecule has 0 bridgehead atoms. The third kappa shape index (κ3) is 5.08. The highest BCUT2D eigenvalue weighted by atomic mass is 16.6. The Labute approximate surface area is 146 Å². The summed E-state index contributed by atoms with van der Waals surface area (Å²) >= 11 is 0. The van der Waals surface area contributed by atoms with Crippen LogP contribution >= 0.6 is 0 Å². The first-order chi connectivity index (χ1) is 11.0. The van der Waals surface area contributed by atoms with Crippen molar-refractivity contribution in [3.8, 4) is 0 Å². The molecule has 3 unspecified atom stereocenters. The van der Waals surface area contributed by atoms with E-state index in [2.05, 4.69) is 33.9 Å². The number of hydrogen-bond acceptors (Lipinski definition) is 3. The van der Waals surface area contributed by atoms with Crippen molar-refractivity contribution < 1.29 is 19.4 Å². The zero-order chi connectivity index (χ0) is 18.5. The number of allylic oxidation sites excluding steroid dienone is 1. The van der Waals surface area contributed by atoms with Gasteiger partial charge in [-0.2, -0.15) is 0 Å². The number of ether oxygens (including phenoxy) is 2. The Morgan fingerprint density at radius 1 is 1.38 bits per heavy atom. The Balaban J connectivity index is 3.03. The van der Waals surface area contributed by atoms with Crippen LogP contribution in [0, 0.1) is 11.3 Å². The molecule has 0 radical (unpaired) electrons. The van der Waals surface area contributed by atoms with Crippen molar-refractivity contribution in [3.05, 3.63) is 25.3 Å². The number of rotatable bonds is 8. The fourth-order valence-electron chi connectivity index (χ4n) is 3.46. The van der Waals surface area contributed by atoms with E-state index in [4.69, 9.17) is 9.47 Å². The summed E-state index contributed by atoms with van der Waals surface area (Å²) in [7, 11) is 0. The zero-order valence-corrected chi connectivity index (χ0v) is 15.7. The fraction of sp³-hybridized carbons (Fsp3) is 0.737. The molecule has 0 spiro atoms. The molecule has 1 amide bonds. The predicted octanol–water partition coefficient (Wildman–Crippen LogP) is 4.30. The van der Waals surface area contributed by atoms with E-state index in [-0.39, 0.29) is 23.5 Å². The van der Waals surface area contributed by atoms with Gasteiger partial charge >= 0.3 is 6.09 Å².